The minimum atomic E-state index is -0.465. The summed E-state index contributed by atoms with van der Waals surface area (Å²) < 4.78 is 9.28. The quantitative estimate of drug-likeness (QED) is 0.584. The highest BCUT2D eigenvalue weighted by atomic mass is 16.5. The molecule has 9 heteroatoms. The highest BCUT2D eigenvalue weighted by Crippen LogP contribution is 2.27. The number of aliphatic hydroxyl groups is 1. The summed E-state index contributed by atoms with van der Waals surface area (Å²) >= 11 is 0. The van der Waals surface area contributed by atoms with Crippen molar-refractivity contribution < 1.29 is 14.6 Å². The second kappa shape index (κ2) is 9.83. The van der Waals surface area contributed by atoms with Crippen molar-refractivity contribution in [1.82, 2.24) is 29.4 Å². The summed E-state index contributed by atoms with van der Waals surface area (Å²) in [7, 11) is 3.62. The van der Waals surface area contributed by atoms with Gasteiger partial charge in [0.05, 0.1) is 26.0 Å². The molecule has 0 aliphatic carbocycles. The molecule has 1 atom stereocenters. The van der Waals surface area contributed by atoms with Crippen molar-refractivity contribution in [3.63, 3.8) is 0 Å². The molecule has 4 heterocycles. The third-order valence-corrected chi connectivity index (χ3v) is 7.30. The lowest BCUT2D eigenvalue weighted by molar-refractivity contribution is 0.0466. The van der Waals surface area contributed by atoms with Gasteiger partial charge in [0, 0.05) is 68.7 Å². The molecule has 1 unspecified atom stereocenters. The Hall–Kier alpha value is -3.17. The SMILES string of the molecule is COc1cccc(Cn2nc(C(=O)N3CCCC(O)C3)c3c2CCN(Cc2cnn(C)c2C)C3)c1. The van der Waals surface area contributed by atoms with E-state index in [4.69, 9.17) is 9.84 Å². The highest BCUT2D eigenvalue weighted by molar-refractivity contribution is 5.94. The normalized spacial score (nSPS) is 18.5. The average molecular weight is 479 g/mol. The van der Waals surface area contributed by atoms with E-state index in [1.54, 1.807) is 12.0 Å². The number of hydrogen-bond acceptors (Lipinski definition) is 6. The number of benzene rings is 1. The number of aromatic nitrogens is 4. The van der Waals surface area contributed by atoms with Gasteiger partial charge in [-0.3, -0.25) is 19.1 Å². The fourth-order valence-corrected chi connectivity index (χ4v) is 5.16. The minimum absolute atomic E-state index is 0.0798. The fourth-order valence-electron chi connectivity index (χ4n) is 5.16. The number of fused-ring (bicyclic) bond motifs is 1. The number of methoxy groups -OCH3 is 1. The van der Waals surface area contributed by atoms with Gasteiger partial charge in [-0.1, -0.05) is 12.1 Å². The molecule has 3 aromatic rings. The van der Waals surface area contributed by atoms with Crippen LogP contribution in [-0.2, 0) is 33.1 Å². The van der Waals surface area contributed by atoms with Crippen LogP contribution in [0.4, 0.5) is 0 Å². The Bertz CT molecular complexity index is 1220. The van der Waals surface area contributed by atoms with Crippen LogP contribution >= 0.6 is 0 Å². The Labute approximate surface area is 205 Å². The van der Waals surface area contributed by atoms with Gasteiger partial charge in [0.25, 0.3) is 5.91 Å². The number of aliphatic hydroxyl groups excluding tert-OH is 1. The topological polar surface area (TPSA) is 88.7 Å². The van der Waals surface area contributed by atoms with E-state index in [9.17, 15) is 9.90 Å². The lowest BCUT2D eigenvalue weighted by Gasteiger charge is -2.31. The van der Waals surface area contributed by atoms with Crippen molar-refractivity contribution in [2.75, 3.05) is 26.7 Å². The van der Waals surface area contributed by atoms with Crippen molar-refractivity contribution in [3.8, 4) is 5.75 Å². The van der Waals surface area contributed by atoms with Gasteiger partial charge >= 0.3 is 0 Å². The van der Waals surface area contributed by atoms with Gasteiger partial charge in [-0.05, 0) is 37.5 Å². The second-order valence-electron chi connectivity index (χ2n) is 9.67. The smallest absolute Gasteiger partial charge is 0.274 e. The first-order valence-corrected chi connectivity index (χ1v) is 12.3. The fraction of sp³-hybridized carbons (Fsp3) is 0.500. The van der Waals surface area contributed by atoms with Crippen molar-refractivity contribution in [2.24, 2.45) is 7.05 Å². The molecule has 186 valence electrons. The van der Waals surface area contributed by atoms with Crippen LogP contribution in [0, 0.1) is 6.92 Å². The number of rotatable bonds is 6. The van der Waals surface area contributed by atoms with Crippen molar-refractivity contribution in [1.29, 1.82) is 0 Å². The highest BCUT2D eigenvalue weighted by Gasteiger charge is 2.32. The minimum Gasteiger partial charge on any atom is -0.497 e. The van der Waals surface area contributed by atoms with Gasteiger partial charge in [-0.15, -0.1) is 0 Å². The molecule has 1 aromatic carbocycles. The molecular formula is C26H34N6O3. The number of carbonyl (C=O) groups is 1. The van der Waals surface area contributed by atoms with Gasteiger partial charge < -0.3 is 14.7 Å². The van der Waals surface area contributed by atoms with Gasteiger partial charge in [-0.25, -0.2) is 0 Å². The summed E-state index contributed by atoms with van der Waals surface area (Å²) in [5.74, 6) is 0.726. The molecule has 0 bridgehead atoms. The number of nitrogens with zero attached hydrogens (tertiary/aromatic N) is 6. The van der Waals surface area contributed by atoms with E-state index in [-0.39, 0.29) is 5.91 Å². The van der Waals surface area contributed by atoms with Crippen LogP contribution in [-0.4, -0.2) is 73.2 Å². The third kappa shape index (κ3) is 4.83. The van der Waals surface area contributed by atoms with Crippen LogP contribution in [0.15, 0.2) is 30.5 Å². The number of amides is 1. The average Bonchev–Trinajstić information content (AvgIpc) is 3.38. The van der Waals surface area contributed by atoms with E-state index in [2.05, 4.69) is 23.0 Å². The Balaban J connectivity index is 1.45. The maximum absolute atomic E-state index is 13.6. The third-order valence-electron chi connectivity index (χ3n) is 7.30. The summed E-state index contributed by atoms with van der Waals surface area (Å²) in [4.78, 5) is 17.7. The first kappa shape index (κ1) is 23.6. The number of piperidine rings is 1. The van der Waals surface area contributed by atoms with Crippen molar-refractivity contribution >= 4 is 5.91 Å². The lowest BCUT2D eigenvalue weighted by Crippen LogP contribution is -2.43. The zero-order chi connectivity index (χ0) is 24.5. The number of β-amino-alcohol motifs (C(OH)–C–C–N with tert-alkyl or cyclic N) is 1. The molecule has 0 radical (unpaired) electrons. The number of hydrogen-bond donors (Lipinski definition) is 1. The van der Waals surface area contributed by atoms with Gasteiger partial charge in [0.1, 0.15) is 5.75 Å². The number of likely N-dealkylation sites (tertiary alicyclic amines) is 1. The molecule has 0 spiro atoms. The maximum atomic E-state index is 13.6. The molecule has 35 heavy (non-hydrogen) atoms. The van der Waals surface area contributed by atoms with Crippen LogP contribution in [0.3, 0.4) is 0 Å². The second-order valence-corrected chi connectivity index (χ2v) is 9.67. The van der Waals surface area contributed by atoms with Gasteiger partial charge in [0.2, 0.25) is 0 Å². The van der Waals surface area contributed by atoms with Crippen LogP contribution in [0.2, 0.25) is 0 Å². The lowest BCUT2D eigenvalue weighted by atomic mass is 10.0. The van der Waals surface area contributed by atoms with E-state index in [1.165, 1.54) is 5.56 Å². The molecule has 1 saturated heterocycles. The molecule has 1 amide bonds. The molecule has 1 N–H and O–H groups in total. The van der Waals surface area contributed by atoms with Gasteiger partial charge in [0.15, 0.2) is 5.69 Å². The molecule has 2 aliphatic heterocycles. The standard InChI is InChI=1S/C26H34N6O3/c1-18-20(13-27-29(18)2)15-30-11-9-24-23(17-30)25(26(34)31-10-5-7-21(33)16-31)28-32(24)14-19-6-4-8-22(12-19)35-3/h4,6,8,12-13,21,33H,5,7,9-11,14-17H2,1-3H3. The largest absolute Gasteiger partial charge is 0.497 e. The number of ether oxygens (including phenoxy) is 1. The first-order chi connectivity index (χ1) is 16.9. The molecule has 1 fully saturated rings. The maximum Gasteiger partial charge on any atom is 0.274 e. The number of carbonyl (C=O) groups excluding carboxylic acids is 1. The molecule has 0 saturated carbocycles. The Morgan fingerprint density at radius 2 is 2.11 bits per heavy atom. The van der Waals surface area contributed by atoms with Crippen molar-refractivity contribution in [3.05, 3.63) is 64.2 Å². The summed E-state index contributed by atoms with van der Waals surface area (Å²) in [5.41, 5.74) is 6.08. The Kier molecular flexibility index (Phi) is 6.62. The Morgan fingerprint density at radius 1 is 1.26 bits per heavy atom. The van der Waals surface area contributed by atoms with E-state index in [0.717, 1.165) is 60.6 Å². The van der Waals surface area contributed by atoms with E-state index >= 15 is 0 Å². The van der Waals surface area contributed by atoms with Crippen LogP contribution in [0.25, 0.3) is 0 Å². The summed E-state index contributed by atoms with van der Waals surface area (Å²) in [5, 5.41) is 19.4. The van der Waals surface area contributed by atoms with E-state index in [1.807, 2.05) is 40.8 Å². The zero-order valence-corrected chi connectivity index (χ0v) is 20.8. The summed E-state index contributed by atoms with van der Waals surface area (Å²) in [6.45, 7) is 6.04. The molecule has 9 nitrogen and oxygen atoms in total. The molecule has 5 rings (SSSR count). The van der Waals surface area contributed by atoms with Gasteiger partial charge in [-0.2, -0.15) is 10.2 Å². The monoisotopic (exact) mass is 478 g/mol. The van der Waals surface area contributed by atoms with Crippen molar-refractivity contribution in [2.45, 2.75) is 51.9 Å². The molecule has 2 aromatic heterocycles. The predicted octanol–water partition coefficient (Wildman–Crippen LogP) is 2.14. The summed E-state index contributed by atoms with van der Waals surface area (Å²) in [6, 6.07) is 7.97. The first-order valence-electron chi connectivity index (χ1n) is 12.3. The summed E-state index contributed by atoms with van der Waals surface area (Å²) in [6.07, 6.45) is 3.84. The molecule has 2 aliphatic rings. The number of aryl methyl sites for hydroxylation is 1. The zero-order valence-electron chi connectivity index (χ0n) is 20.8. The van der Waals surface area contributed by atoms with E-state index < -0.39 is 6.10 Å². The van der Waals surface area contributed by atoms with Crippen LogP contribution in [0.1, 0.15) is 51.4 Å². The van der Waals surface area contributed by atoms with Crippen LogP contribution < -0.4 is 4.74 Å². The predicted molar refractivity (Wildman–Crippen MR) is 131 cm³/mol. The van der Waals surface area contributed by atoms with Crippen LogP contribution in [0.5, 0.6) is 5.75 Å². The Morgan fingerprint density at radius 3 is 2.86 bits per heavy atom. The molecular weight excluding hydrogens is 444 g/mol. The van der Waals surface area contributed by atoms with E-state index in [0.29, 0.717) is 31.9 Å².